The number of aryl methyl sites for hydroxylation is 1. The number of aromatic nitrogens is 2. The van der Waals surface area contributed by atoms with Crippen LogP contribution in [-0.4, -0.2) is 40.3 Å². The number of hydrogen-bond acceptors (Lipinski definition) is 2. The standard InChI is InChI=1S/C11H21N5/c1-4-16(5-2)11(12)13-8-6-10-7-9-14-15(10)3/h7,9H,4-6,8H2,1-3H3,(H2,12,13). The van der Waals surface area contributed by atoms with E-state index in [2.05, 4.69) is 23.9 Å². The molecule has 90 valence electrons. The van der Waals surface area contributed by atoms with Crippen LogP contribution in [0.15, 0.2) is 17.3 Å². The lowest BCUT2D eigenvalue weighted by Gasteiger charge is -2.19. The van der Waals surface area contributed by atoms with Gasteiger partial charge in [0.05, 0.1) is 0 Å². The summed E-state index contributed by atoms with van der Waals surface area (Å²) in [5.74, 6) is 0.632. The molecule has 1 aromatic heterocycles. The summed E-state index contributed by atoms with van der Waals surface area (Å²) in [6.07, 6.45) is 2.67. The highest BCUT2D eigenvalue weighted by Gasteiger charge is 2.02. The average Bonchev–Trinajstić information content (AvgIpc) is 2.66. The SMILES string of the molecule is CCN(CC)C(N)=NCCc1ccnn1C. The van der Waals surface area contributed by atoms with Gasteiger partial charge in [0.2, 0.25) is 0 Å². The fourth-order valence-electron chi connectivity index (χ4n) is 1.58. The second kappa shape index (κ2) is 6.15. The molecule has 0 radical (unpaired) electrons. The highest BCUT2D eigenvalue weighted by Crippen LogP contribution is 1.98. The van der Waals surface area contributed by atoms with E-state index in [0.29, 0.717) is 12.5 Å². The van der Waals surface area contributed by atoms with Crippen LogP contribution >= 0.6 is 0 Å². The smallest absolute Gasteiger partial charge is 0.191 e. The zero-order valence-corrected chi connectivity index (χ0v) is 10.3. The molecule has 1 rings (SSSR count). The van der Waals surface area contributed by atoms with Crippen LogP contribution in [0.5, 0.6) is 0 Å². The summed E-state index contributed by atoms with van der Waals surface area (Å²) >= 11 is 0. The molecule has 0 amide bonds. The van der Waals surface area contributed by atoms with Gasteiger partial charge in [-0.25, -0.2) is 0 Å². The molecule has 1 aromatic rings. The van der Waals surface area contributed by atoms with E-state index in [4.69, 9.17) is 5.73 Å². The van der Waals surface area contributed by atoms with Crippen molar-refractivity contribution in [3.05, 3.63) is 18.0 Å². The van der Waals surface area contributed by atoms with E-state index in [0.717, 1.165) is 19.5 Å². The van der Waals surface area contributed by atoms with E-state index in [1.807, 2.05) is 22.7 Å². The van der Waals surface area contributed by atoms with Crippen LogP contribution in [0.25, 0.3) is 0 Å². The Morgan fingerprint density at radius 1 is 1.50 bits per heavy atom. The molecule has 1 heterocycles. The van der Waals surface area contributed by atoms with Crippen molar-refractivity contribution >= 4 is 5.96 Å². The van der Waals surface area contributed by atoms with Gasteiger partial charge in [-0.05, 0) is 19.9 Å². The molecule has 0 atom stereocenters. The van der Waals surface area contributed by atoms with Gasteiger partial charge in [-0.3, -0.25) is 9.67 Å². The first kappa shape index (κ1) is 12.5. The molecule has 5 nitrogen and oxygen atoms in total. The first-order valence-corrected chi connectivity index (χ1v) is 5.70. The summed E-state index contributed by atoms with van der Waals surface area (Å²) in [5.41, 5.74) is 7.05. The van der Waals surface area contributed by atoms with Gasteiger partial charge in [-0.2, -0.15) is 5.10 Å². The monoisotopic (exact) mass is 223 g/mol. The van der Waals surface area contributed by atoms with Gasteiger partial charge in [0, 0.05) is 45.0 Å². The molecule has 2 N–H and O–H groups in total. The van der Waals surface area contributed by atoms with Crippen molar-refractivity contribution in [2.75, 3.05) is 19.6 Å². The second-order valence-corrected chi connectivity index (χ2v) is 3.61. The van der Waals surface area contributed by atoms with Crippen LogP contribution in [0.3, 0.4) is 0 Å². The van der Waals surface area contributed by atoms with Gasteiger partial charge in [-0.15, -0.1) is 0 Å². The molecule has 0 aliphatic carbocycles. The largest absolute Gasteiger partial charge is 0.370 e. The van der Waals surface area contributed by atoms with Gasteiger partial charge in [0.15, 0.2) is 5.96 Å². The summed E-state index contributed by atoms with van der Waals surface area (Å²) in [6.45, 7) is 6.66. The number of nitrogens with zero attached hydrogens (tertiary/aromatic N) is 4. The fraction of sp³-hybridized carbons (Fsp3) is 0.636. The Labute approximate surface area is 97.0 Å². The van der Waals surface area contributed by atoms with Crippen LogP contribution < -0.4 is 5.73 Å². The Hall–Kier alpha value is -1.52. The Morgan fingerprint density at radius 3 is 2.69 bits per heavy atom. The van der Waals surface area contributed by atoms with Crippen molar-refractivity contribution in [3.8, 4) is 0 Å². The van der Waals surface area contributed by atoms with E-state index < -0.39 is 0 Å². The zero-order chi connectivity index (χ0) is 12.0. The van der Waals surface area contributed by atoms with Crippen molar-refractivity contribution in [3.63, 3.8) is 0 Å². The molecule has 5 heteroatoms. The van der Waals surface area contributed by atoms with E-state index >= 15 is 0 Å². The summed E-state index contributed by atoms with van der Waals surface area (Å²) in [6, 6.07) is 2.00. The van der Waals surface area contributed by atoms with Crippen LogP contribution in [0.4, 0.5) is 0 Å². The van der Waals surface area contributed by atoms with Crippen molar-refractivity contribution in [2.24, 2.45) is 17.8 Å². The summed E-state index contributed by atoms with van der Waals surface area (Å²) < 4.78 is 1.86. The number of guanidine groups is 1. The molecule has 0 fully saturated rings. The highest BCUT2D eigenvalue weighted by molar-refractivity contribution is 5.77. The number of nitrogens with two attached hydrogens (primary N) is 1. The molecule has 0 unspecified atom stereocenters. The predicted octanol–water partition coefficient (Wildman–Crippen LogP) is 0.619. The number of hydrogen-bond donors (Lipinski definition) is 1. The van der Waals surface area contributed by atoms with E-state index in [1.165, 1.54) is 5.69 Å². The topological polar surface area (TPSA) is 59.4 Å². The molecule has 0 aliphatic heterocycles. The maximum atomic E-state index is 5.87. The van der Waals surface area contributed by atoms with Crippen LogP contribution in [0.2, 0.25) is 0 Å². The van der Waals surface area contributed by atoms with Crippen LogP contribution in [-0.2, 0) is 13.5 Å². The minimum atomic E-state index is 0.632. The molecular weight excluding hydrogens is 202 g/mol. The Morgan fingerprint density at radius 2 is 2.19 bits per heavy atom. The van der Waals surface area contributed by atoms with E-state index in [9.17, 15) is 0 Å². The Balaban J connectivity index is 2.45. The van der Waals surface area contributed by atoms with Gasteiger partial charge < -0.3 is 10.6 Å². The number of aliphatic imine (C=N–C) groups is 1. The predicted molar refractivity (Wildman–Crippen MR) is 66.3 cm³/mol. The lowest BCUT2D eigenvalue weighted by Crippen LogP contribution is -2.37. The van der Waals surface area contributed by atoms with Crippen molar-refractivity contribution < 1.29 is 0 Å². The molecular formula is C11H21N5. The highest BCUT2D eigenvalue weighted by atomic mass is 15.3. The molecule has 0 aliphatic rings. The Kier molecular flexibility index (Phi) is 4.82. The maximum absolute atomic E-state index is 5.87. The third-order valence-corrected chi connectivity index (χ3v) is 2.65. The van der Waals surface area contributed by atoms with E-state index in [1.54, 1.807) is 6.20 Å². The van der Waals surface area contributed by atoms with Crippen molar-refractivity contribution in [2.45, 2.75) is 20.3 Å². The summed E-state index contributed by atoms with van der Waals surface area (Å²) in [7, 11) is 1.94. The molecule has 0 bridgehead atoms. The third kappa shape index (κ3) is 3.25. The zero-order valence-electron chi connectivity index (χ0n) is 10.3. The fourth-order valence-corrected chi connectivity index (χ4v) is 1.58. The van der Waals surface area contributed by atoms with Gasteiger partial charge >= 0.3 is 0 Å². The molecule has 0 aromatic carbocycles. The normalized spacial score (nSPS) is 11.8. The quantitative estimate of drug-likeness (QED) is 0.588. The Bertz CT molecular complexity index is 338. The summed E-state index contributed by atoms with van der Waals surface area (Å²) in [4.78, 5) is 6.41. The minimum Gasteiger partial charge on any atom is -0.370 e. The van der Waals surface area contributed by atoms with Crippen molar-refractivity contribution in [1.82, 2.24) is 14.7 Å². The molecule has 0 saturated heterocycles. The van der Waals surface area contributed by atoms with Crippen molar-refractivity contribution in [1.29, 1.82) is 0 Å². The maximum Gasteiger partial charge on any atom is 0.191 e. The molecule has 0 saturated carbocycles. The molecule has 16 heavy (non-hydrogen) atoms. The minimum absolute atomic E-state index is 0.632. The average molecular weight is 223 g/mol. The first-order valence-electron chi connectivity index (χ1n) is 5.70. The second-order valence-electron chi connectivity index (χ2n) is 3.61. The summed E-state index contributed by atoms with van der Waals surface area (Å²) in [5, 5.41) is 4.11. The van der Waals surface area contributed by atoms with Gasteiger partial charge in [-0.1, -0.05) is 0 Å². The van der Waals surface area contributed by atoms with Crippen LogP contribution in [0.1, 0.15) is 19.5 Å². The lowest BCUT2D eigenvalue weighted by molar-refractivity contribution is 0.458. The van der Waals surface area contributed by atoms with E-state index in [-0.39, 0.29) is 0 Å². The lowest BCUT2D eigenvalue weighted by atomic mass is 10.3. The third-order valence-electron chi connectivity index (χ3n) is 2.65. The number of rotatable bonds is 5. The first-order chi connectivity index (χ1) is 7.69. The van der Waals surface area contributed by atoms with Crippen LogP contribution in [0, 0.1) is 0 Å². The van der Waals surface area contributed by atoms with Gasteiger partial charge in [0.1, 0.15) is 0 Å². The molecule has 0 spiro atoms. The van der Waals surface area contributed by atoms with Gasteiger partial charge in [0.25, 0.3) is 0 Å².